The first-order valence-corrected chi connectivity index (χ1v) is 5.13. The minimum Gasteiger partial charge on any atom is -0.335 e. The third-order valence-electron chi connectivity index (χ3n) is 2.36. The van der Waals surface area contributed by atoms with Crippen LogP contribution in [0.2, 0.25) is 0 Å². The molecular weight excluding hydrogens is 214 g/mol. The van der Waals surface area contributed by atoms with E-state index < -0.39 is 11.6 Å². The summed E-state index contributed by atoms with van der Waals surface area (Å²) in [6, 6.07) is 3.07. The van der Waals surface area contributed by atoms with Crippen molar-refractivity contribution in [3.8, 4) is 0 Å². The quantitative estimate of drug-likeness (QED) is 0.812. The van der Waals surface area contributed by atoms with Crippen LogP contribution in [0.3, 0.4) is 0 Å². The second-order valence-corrected chi connectivity index (χ2v) is 3.84. The molecule has 1 saturated carbocycles. The second kappa shape index (κ2) is 4.47. The zero-order chi connectivity index (χ0) is 11.5. The average molecular weight is 226 g/mol. The van der Waals surface area contributed by atoms with E-state index in [1.165, 1.54) is 0 Å². The number of hydrogen-bond donors (Lipinski definition) is 2. The molecular formula is C11H12F2N2O. The molecule has 0 unspecified atom stereocenters. The molecule has 0 heterocycles. The van der Waals surface area contributed by atoms with Crippen LogP contribution in [-0.4, -0.2) is 12.1 Å². The number of halogens is 2. The lowest BCUT2D eigenvalue weighted by Crippen LogP contribution is -2.36. The summed E-state index contributed by atoms with van der Waals surface area (Å²) >= 11 is 0. The van der Waals surface area contributed by atoms with Crippen molar-refractivity contribution < 1.29 is 13.6 Å². The van der Waals surface area contributed by atoms with Crippen LogP contribution in [0.25, 0.3) is 0 Å². The van der Waals surface area contributed by atoms with Crippen molar-refractivity contribution in [1.82, 2.24) is 10.6 Å². The molecule has 0 atom stereocenters. The molecule has 1 fully saturated rings. The van der Waals surface area contributed by atoms with Crippen LogP contribution >= 0.6 is 0 Å². The van der Waals surface area contributed by atoms with E-state index in [1.54, 1.807) is 0 Å². The molecule has 0 bridgehead atoms. The number of carbonyl (C=O) groups is 1. The van der Waals surface area contributed by atoms with Crippen LogP contribution in [0.5, 0.6) is 0 Å². The number of carbonyl (C=O) groups excluding carboxylic acids is 1. The van der Waals surface area contributed by atoms with Crippen molar-refractivity contribution in [2.24, 2.45) is 0 Å². The standard InChI is InChI=1S/C11H12F2N2O/c12-8-1-4-10(13)7(5-8)6-14-11(16)15-9-2-3-9/h1,4-5,9H,2-3,6H2,(H2,14,15,16). The third-order valence-corrected chi connectivity index (χ3v) is 2.36. The minimum absolute atomic E-state index is 0.0118. The Hall–Kier alpha value is -1.65. The van der Waals surface area contributed by atoms with Gasteiger partial charge in [0.1, 0.15) is 11.6 Å². The lowest BCUT2D eigenvalue weighted by molar-refractivity contribution is 0.240. The topological polar surface area (TPSA) is 41.1 Å². The van der Waals surface area contributed by atoms with Crippen LogP contribution in [-0.2, 0) is 6.54 Å². The highest BCUT2D eigenvalue weighted by molar-refractivity contribution is 5.74. The van der Waals surface area contributed by atoms with Crippen LogP contribution in [0.1, 0.15) is 18.4 Å². The van der Waals surface area contributed by atoms with E-state index >= 15 is 0 Å². The maximum Gasteiger partial charge on any atom is 0.315 e. The van der Waals surface area contributed by atoms with Crippen LogP contribution < -0.4 is 10.6 Å². The van der Waals surface area contributed by atoms with Crippen molar-refractivity contribution in [2.45, 2.75) is 25.4 Å². The Morgan fingerprint density at radius 3 is 2.81 bits per heavy atom. The van der Waals surface area contributed by atoms with E-state index in [1.807, 2.05) is 0 Å². The molecule has 2 N–H and O–H groups in total. The van der Waals surface area contributed by atoms with Crippen molar-refractivity contribution >= 4 is 6.03 Å². The average Bonchev–Trinajstić information content (AvgIpc) is 3.03. The van der Waals surface area contributed by atoms with Crippen molar-refractivity contribution in [1.29, 1.82) is 0 Å². The van der Waals surface area contributed by atoms with E-state index in [2.05, 4.69) is 10.6 Å². The number of hydrogen-bond acceptors (Lipinski definition) is 1. The molecule has 1 aliphatic rings. The highest BCUT2D eigenvalue weighted by Crippen LogP contribution is 2.18. The van der Waals surface area contributed by atoms with Crippen molar-refractivity contribution in [2.75, 3.05) is 0 Å². The molecule has 3 nitrogen and oxygen atoms in total. The number of urea groups is 1. The molecule has 0 saturated heterocycles. The summed E-state index contributed by atoms with van der Waals surface area (Å²) in [7, 11) is 0. The largest absolute Gasteiger partial charge is 0.335 e. The van der Waals surface area contributed by atoms with Gasteiger partial charge in [0, 0.05) is 18.2 Å². The number of rotatable bonds is 3. The summed E-state index contributed by atoms with van der Waals surface area (Å²) in [4.78, 5) is 11.2. The van der Waals surface area contributed by atoms with Crippen molar-refractivity contribution in [3.63, 3.8) is 0 Å². The fourth-order valence-corrected chi connectivity index (χ4v) is 1.32. The SMILES string of the molecule is O=C(NCc1cc(F)ccc1F)NC1CC1. The summed E-state index contributed by atoms with van der Waals surface area (Å²) in [6.07, 6.45) is 1.98. The Bertz CT molecular complexity index is 405. The minimum atomic E-state index is -0.520. The summed E-state index contributed by atoms with van der Waals surface area (Å²) < 4.78 is 26.0. The predicted octanol–water partition coefficient (Wildman–Crippen LogP) is 1.93. The molecule has 0 spiro atoms. The molecule has 2 rings (SSSR count). The van der Waals surface area contributed by atoms with Crippen LogP contribution in [0, 0.1) is 11.6 Å². The van der Waals surface area contributed by atoms with Gasteiger partial charge in [0.05, 0.1) is 0 Å². The number of nitrogens with one attached hydrogen (secondary N) is 2. The van der Waals surface area contributed by atoms with Crippen LogP contribution in [0.4, 0.5) is 13.6 Å². The van der Waals surface area contributed by atoms with E-state index in [0.29, 0.717) is 0 Å². The third kappa shape index (κ3) is 2.92. The Kier molecular flexibility index (Phi) is 3.03. The molecule has 1 aromatic carbocycles. The second-order valence-electron chi connectivity index (χ2n) is 3.84. The van der Waals surface area contributed by atoms with E-state index in [0.717, 1.165) is 31.0 Å². The van der Waals surface area contributed by atoms with Gasteiger partial charge in [-0.1, -0.05) is 0 Å². The smallest absolute Gasteiger partial charge is 0.315 e. The molecule has 5 heteroatoms. The Morgan fingerprint density at radius 2 is 2.12 bits per heavy atom. The van der Waals surface area contributed by atoms with Gasteiger partial charge in [-0.3, -0.25) is 0 Å². The van der Waals surface area contributed by atoms with Gasteiger partial charge in [-0.15, -0.1) is 0 Å². The van der Waals surface area contributed by atoms with E-state index in [9.17, 15) is 13.6 Å². The summed E-state index contributed by atoms with van der Waals surface area (Å²) in [5, 5.41) is 5.17. The summed E-state index contributed by atoms with van der Waals surface area (Å²) in [6.45, 7) is -0.0118. The summed E-state index contributed by atoms with van der Waals surface area (Å²) in [5.41, 5.74) is 0.144. The molecule has 1 aromatic rings. The first kappa shape index (κ1) is 10.9. The molecule has 0 aromatic heterocycles. The van der Waals surface area contributed by atoms with Gasteiger partial charge in [0.15, 0.2) is 0 Å². The summed E-state index contributed by atoms with van der Waals surface area (Å²) in [5.74, 6) is -1.03. The lowest BCUT2D eigenvalue weighted by Gasteiger charge is -2.07. The number of benzene rings is 1. The predicted molar refractivity (Wildman–Crippen MR) is 54.8 cm³/mol. The van der Waals surface area contributed by atoms with E-state index in [-0.39, 0.29) is 24.2 Å². The number of amides is 2. The Morgan fingerprint density at radius 1 is 1.38 bits per heavy atom. The Labute approximate surface area is 91.8 Å². The maximum absolute atomic E-state index is 13.2. The normalized spacial score (nSPS) is 14.6. The van der Waals surface area contributed by atoms with Gasteiger partial charge in [0.25, 0.3) is 0 Å². The Balaban J connectivity index is 1.87. The molecule has 1 aliphatic carbocycles. The van der Waals surface area contributed by atoms with Crippen LogP contribution in [0.15, 0.2) is 18.2 Å². The van der Waals surface area contributed by atoms with E-state index in [4.69, 9.17) is 0 Å². The van der Waals surface area contributed by atoms with Gasteiger partial charge < -0.3 is 10.6 Å². The maximum atomic E-state index is 13.2. The highest BCUT2D eigenvalue weighted by atomic mass is 19.1. The first-order valence-electron chi connectivity index (χ1n) is 5.13. The van der Waals surface area contributed by atoms with Gasteiger partial charge >= 0.3 is 6.03 Å². The molecule has 0 aliphatic heterocycles. The van der Waals surface area contributed by atoms with Gasteiger partial charge in [-0.2, -0.15) is 0 Å². The fourth-order valence-electron chi connectivity index (χ4n) is 1.32. The molecule has 2 amide bonds. The highest BCUT2D eigenvalue weighted by Gasteiger charge is 2.22. The van der Waals surface area contributed by atoms with Gasteiger partial charge in [-0.05, 0) is 31.0 Å². The van der Waals surface area contributed by atoms with Gasteiger partial charge in [-0.25, -0.2) is 13.6 Å². The first-order chi connectivity index (χ1) is 7.65. The molecule has 16 heavy (non-hydrogen) atoms. The van der Waals surface area contributed by atoms with Gasteiger partial charge in [0.2, 0.25) is 0 Å². The molecule has 0 radical (unpaired) electrons. The lowest BCUT2D eigenvalue weighted by atomic mass is 10.2. The fraction of sp³-hybridized carbons (Fsp3) is 0.364. The van der Waals surface area contributed by atoms with Crippen molar-refractivity contribution in [3.05, 3.63) is 35.4 Å². The molecule has 86 valence electrons. The zero-order valence-electron chi connectivity index (χ0n) is 8.59. The monoisotopic (exact) mass is 226 g/mol. The zero-order valence-corrected chi connectivity index (χ0v) is 8.59.